The van der Waals surface area contributed by atoms with Crippen molar-refractivity contribution in [3.05, 3.63) is 27.8 Å². The normalized spacial score (nSPS) is 17.3. The Bertz CT molecular complexity index is 385. The lowest BCUT2D eigenvalue weighted by molar-refractivity contribution is -0.147. The largest absolute Gasteiger partial charge is 0.494 e. The lowest BCUT2D eigenvalue weighted by atomic mass is 10.1. The zero-order chi connectivity index (χ0) is 14.3. The molecule has 0 bridgehead atoms. The zero-order valence-corrected chi connectivity index (χ0v) is 14.2. The van der Waals surface area contributed by atoms with E-state index in [0.29, 0.717) is 0 Å². The summed E-state index contributed by atoms with van der Waals surface area (Å²) in [6, 6.07) is 8.19. The molecule has 112 valence electrons. The number of halogens is 1. The molecule has 20 heavy (non-hydrogen) atoms. The summed E-state index contributed by atoms with van der Waals surface area (Å²) in [5.74, 6) is 0.642. The highest BCUT2D eigenvalue weighted by atomic mass is 127. The number of rotatable bonds is 8. The molecule has 1 aromatic carbocycles. The molecule has 0 atom stereocenters. The van der Waals surface area contributed by atoms with Crippen LogP contribution in [0.25, 0.3) is 0 Å². The summed E-state index contributed by atoms with van der Waals surface area (Å²) in [5.41, 5.74) is 0. The quantitative estimate of drug-likeness (QED) is 0.487. The van der Waals surface area contributed by atoms with Gasteiger partial charge in [-0.3, -0.25) is 0 Å². The summed E-state index contributed by atoms with van der Waals surface area (Å²) < 4.78 is 18.1. The zero-order valence-electron chi connectivity index (χ0n) is 12.1. The van der Waals surface area contributed by atoms with Crippen molar-refractivity contribution in [3.63, 3.8) is 0 Å². The third-order valence-corrected chi connectivity index (χ3v) is 4.22. The summed E-state index contributed by atoms with van der Waals surface area (Å²) in [6.45, 7) is 4.31. The van der Waals surface area contributed by atoms with E-state index in [1.165, 1.54) is 16.4 Å². The van der Waals surface area contributed by atoms with Crippen LogP contribution in [0.3, 0.4) is 0 Å². The van der Waals surface area contributed by atoms with Crippen LogP contribution in [-0.4, -0.2) is 25.6 Å². The Morgan fingerprint density at radius 3 is 2.40 bits per heavy atom. The van der Waals surface area contributed by atoms with Crippen LogP contribution in [0.2, 0.25) is 0 Å². The molecule has 3 nitrogen and oxygen atoms in total. The van der Waals surface area contributed by atoms with Gasteiger partial charge >= 0.3 is 0 Å². The molecule has 1 heterocycles. The first-order chi connectivity index (χ1) is 9.68. The molecule has 1 fully saturated rings. The van der Waals surface area contributed by atoms with E-state index >= 15 is 0 Å². The van der Waals surface area contributed by atoms with Crippen molar-refractivity contribution >= 4 is 22.6 Å². The van der Waals surface area contributed by atoms with Gasteiger partial charge in [-0.15, -0.1) is 0 Å². The Morgan fingerprint density at radius 2 is 1.70 bits per heavy atom. The molecule has 0 aromatic heterocycles. The van der Waals surface area contributed by atoms with Gasteiger partial charge in [0.05, 0.1) is 19.8 Å². The molecule has 4 heteroatoms. The molecular formula is C16H23IO3. The number of unbranched alkanes of at least 4 members (excludes halogenated alkanes) is 3. The molecule has 0 aliphatic carbocycles. The maximum atomic E-state index is 5.71. The minimum atomic E-state index is -0.322. The van der Waals surface area contributed by atoms with E-state index in [2.05, 4.69) is 34.7 Å². The van der Waals surface area contributed by atoms with Crippen molar-refractivity contribution in [2.75, 3.05) is 19.8 Å². The number of benzene rings is 1. The predicted molar refractivity (Wildman–Crippen MR) is 88.0 cm³/mol. The van der Waals surface area contributed by atoms with E-state index in [1.54, 1.807) is 0 Å². The molecule has 0 radical (unpaired) electrons. The Labute approximate surface area is 135 Å². The van der Waals surface area contributed by atoms with Gasteiger partial charge in [-0.2, -0.15) is 0 Å². The van der Waals surface area contributed by atoms with Crippen LogP contribution in [0.1, 0.15) is 39.0 Å². The first kappa shape index (κ1) is 16.0. The van der Waals surface area contributed by atoms with E-state index in [4.69, 9.17) is 14.2 Å². The molecule has 2 rings (SSSR count). The van der Waals surface area contributed by atoms with Gasteiger partial charge in [-0.25, -0.2) is 0 Å². The molecule has 1 aliphatic rings. The van der Waals surface area contributed by atoms with Crippen molar-refractivity contribution in [2.24, 2.45) is 0 Å². The van der Waals surface area contributed by atoms with Crippen LogP contribution < -0.4 is 4.74 Å². The van der Waals surface area contributed by atoms with Crippen molar-refractivity contribution in [1.82, 2.24) is 0 Å². The lowest BCUT2D eigenvalue weighted by Crippen LogP contribution is -2.24. The minimum Gasteiger partial charge on any atom is -0.494 e. The van der Waals surface area contributed by atoms with Crippen LogP contribution in [0.15, 0.2) is 24.3 Å². The van der Waals surface area contributed by atoms with Gasteiger partial charge in [0, 0.05) is 9.99 Å². The second-order valence-corrected chi connectivity index (χ2v) is 6.54. The Balaban J connectivity index is 1.48. The van der Waals surface area contributed by atoms with E-state index < -0.39 is 0 Å². The highest BCUT2D eigenvalue weighted by Crippen LogP contribution is 2.25. The monoisotopic (exact) mass is 390 g/mol. The molecule has 1 aliphatic heterocycles. The number of ether oxygens (including phenoxy) is 3. The van der Waals surface area contributed by atoms with Gasteiger partial charge in [-0.1, -0.05) is 12.8 Å². The first-order valence-corrected chi connectivity index (χ1v) is 8.42. The number of hydrogen-bond acceptors (Lipinski definition) is 3. The van der Waals surface area contributed by atoms with E-state index in [-0.39, 0.29) is 5.79 Å². The van der Waals surface area contributed by atoms with E-state index in [1.807, 2.05) is 19.1 Å². The summed E-state index contributed by atoms with van der Waals surface area (Å²) in [5, 5.41) is 0. The second-order valence-electron chi connectivity index (χ2n) is 5.30. The summed E-state index contributed by atoms with van der Waals surface area (Å²) in [6.07, 6.45) is 5.65. The standard InChI is InChI=1S/C16H23IO3/c1-16(19-12-13-20-16)10-4-2-3-5-11-18-15-8-6-14(17)7-9-15/h6-9H,2-5,10-13H2,1H3. The fourth-order valence-corrected chi connectivity index (χ4v) is 2.68. The predicted octanol–water partition coefficient (Wildman–Crippen LogP) is 4.38. The molecule has 0 unspecified atom stereocenters. The fourth-order valence-electron chi connectivity index (χ4n) is 2.32. The molecule has 0 N–H and O–H groups in total. The van der Waals surface area contributed by atoms with Crippen LogP contribution in [0.4, 0.5) is 0 Å². The van der Waals surface area contributed by atoms with Crippen molar-refractivity contribution in [3.8, 4) is 5.75 Å². The second kappa shape index (κ2) is 8.20. The summed E-state index contributed by atoms with van der Waals surface area (Å²) >= 11 is 2.30. The molecule has 1 aromatic rings. The summed E-state index contributed by atoms with van der Waals surface area (Å²) in [7, 11) is 0. The van der Waals surface area contributed by atoms with Crippen LogP contribution in [0, 0.1) is 3.57 Å². The van der Waals surface area contributed by atoms with Gasteiger partial charge in [0.1, 0.15) is 5.75 Å². The topological polar surface area (TPSA) is 27.7 Å². The minimum absolute atomic E-state index is 0.322. The molecular weight excluding hydrogens is 367 g/mol. The first-order valence-electron chi connectivity index (χ1n) is 7.34. The highest BCUT2D eigenvalue weighted by Gasteiger charge is 2.29. The van der Waals surface area contributed by atoms with Crippen molar-refractivity contribution < 1.29 is 14.2 Å². The smallest absolute Gasteiger partial charge is 0.165 e. The maximum Gasteiger partial charge on any atom is 0.165 e. The Hall–Kier alpha value is -0.330. The van der Waals surface area contributed by atoms with Crippen LogP contribution in [-0.2, 0) is 9.47 Å². The SMILES string of the molecule is CC1(CCCCCCOc2ccc(I)cc2)OCCO1. The third kappa shape index (κ3) is 5.58. The average molecular weight is 390 g/mol. The van der Waals surface area contributed by atoms with E-state index in [9.17, 15) is 0 Å². The average Bonchev–Trinajstić information content (AvgIpc) is 2.87. The highest BCUT2D eigenvalue weighted by molar-refractivity contribution is 14.1. The molecule has 0 spiro atoms. The molecule has 0 saturated carbocycles. The maximum absolute atomic E-state index is 5.71. The van der Waals surface area contributed by atoms with Gasteiger partial charge in [0.2, 0.25) is 0 Å². The van der Waals surface area contributed by atoms with E-state index in [0.717, 1.165) is 44.8 Å². The number of hydrogen-bond donors (Lipinski definition) is 0. The molecule has 0 amide bonds. The van der Waals surface area contributed by atoms with Crippen molar-refractivity contribution in [1.29, 1.82) is 0 Å². The van der Waals surface area contributed by atoms with Gasteiger partial charge in [0.25, 0.3) is 0 Å². The van der Waals surface area contributed by atoms with Crippen molar-refractivity contribution in [2.45, 2.75) is 44.8 Å². The Kier molecular flexibility index (Phi) is 6.58. The van der Waals surface area contributed by atoms with Crippen LogP contribution in [0.5, 0.6) is 5.75 Å². The van der Waals surface area contributed by atoms with Crippen LogP contribution >= 0.6 is 22.6 Å². The lowest BCUT2D eigenvalue weighted by Gasteiger charge is -2.21. The van der Waals surface area contributed by atoms with Gasteiger partial charge < -0.3 is 14.2 Å². The summed E-state index contributed by atoms with van der Waals surface area (Å²) in [4.78, 5) is 0. The van der Waals surface area contributed by atoms with Gasteiger partial charge in [0.15, 0.2) is 5.79 Å². The molecule has 1 saturated heterocycles. The third-order valence-electron chi connectivity index (χ3n) is 3.51. The fraction of sp³-hybridized carbons (Fsp3) is 0.625. The van der Waals surface area contributed by atoms with Gasteiger partial charge in [-0.05, 0) is 66.6 Å². The Morgan fingerprint density at radius 1 is 1.05 bits per heavy atom.